The number of esters is 1. The number of aromatic nitrogens is 1. The molecule has 162 valence electrons. The maximum absolute atomic E-state index is 11.7. The molecule has 8 nitrogen and oxygen atoms in total. The number of piperazine rings is 1. The standard InChI is InChI=1S/C22H29N3O5/c1-3-29-22(27)17-4-9-21(23-14-17)25-12-10-24(11-13-25)15-18(26)16-30-20-7-5-19(28-2)6-8-20/h4-9,14,18,26H,3,10-13,15-16H2,1-2H3. The molecular weight excluding hydrogens is 386 g/mol. The van der Waals surface area contributed by atoms with Crippen molar-refractivity contribution in [3.05, 3.63) is 48.2 Å². The largest absolute Gasteiger partial charge is 0.497 e. The minimum Gasteiger partial charge on any atom is -0.497 e. The molecule has 1 aromatic heterocycles. The molecule has 1 aliphatic heterocycles. The van der Waals surface area contributed by atoms with E-state index in [1.807, 2.05) is 30.3 Å². The van der Waals surface area contributed by atoms with Crippen LogP contribution in [-0.2, 0) is 4.74 Å². The fraction of sp³-hybridized carbons (Fsp3) is 0.455. The van der Waals surface area contributed by atoms with E-state index in [2.05, 4.69) is 14.8 Å². The van der Waals surface area contributed by atoms with E-state index >= 15 is 0 Å². The molecule has 1 unspecified atom stereocenters. The lowest BCUT2D eigenvalue weighted by atomic mass is 10.2. The fourth-order valence-electron chi connectivity index (χ4n) is 3.28. The number of anilines is 1. The summed E-state index contributed by atoms with van der Waals surface area (Å²) >= 11 is 0. The molecule has 1 N–H and O–H groups in total. The molecule has 1 fully saturated rings. The van der Waals surface area contributed by atoms with Gasteiger partial charge in [0.2, 0.25) is 0 Å². The lowest BCUT2D eigenvalue weighted by Gasteiger charge is -2.36. The van der Waals surface area contributed by atoms with Crippen molar-refractivity contribution in [3.63, 3.8) is 0 Å². The van der Waals surface area contributed by atoms with E-state index in [1.54, 1.807) is 26.3 Å². The highest BCUT2D eigenvalue weighted by molar-refractivity contribution is 5.89. The van der Waals surface area contributed by atoms with Gasteiger partial charge in [-0.15, -0.1) is 0 Å². The zero-order chi connectivity index (χ0) is 21.3. The van der Waals surface area contributed by atoms with Gasteiger partial charge in [-0.2, -0.15) is 0 Å². The molecule has 3 rings (SSSR count). The van der Waals surface area contributed by atoms with Crippen LogP contribution in [0.25, 0.3) is 0 Å². The number of aliphatic hydroxyl groups excluding tert-OH is 1. The van der Waals surface area contributed by atoms with Crippen LogP contribution in [0.3, 0.4) is 0 Å². The fourth-order valence-corrected chi connectivity index (χ4v) is 3.28. The normalized spacial score (nSPS) is 15.5. The second-order valence-electron chi connectivity index (χ2n) is 7.05. The van der Waals surface area contributed by atoms with E-state index in [-0.39, 0.29) is 12.6 Å². The van der Waals surface area contributed by atoms with Crippen molar-refractivity contribution in [1.82, 2.24) is 9.88 Å². The first-order valence-corrected chi connectivity index (χ1v) is 10.1. The van der Waals surface area contributed by atoms with Crippen LogP contribution in [0.15, 0.2) is 42.6 Å². The van der Waals surface area contributed by atoms with Gasteiger partial charge in [0.05, 0.1) is 19.3 Å². The molecule has 1 saturated heterocycles. The molecule has 0 amide bonds. The second kappa shape index (κ2) is 10.8. The number of nitrogens with zero attached hydrogens (tertiary/aromatic N) is 3. The van der Waals surface area contributed by atoms with Gasteiger partial charge >= 0.3 is 5.97 Å². The average Bonchev–Trinajstić information content (AvgIpc) is 2.79. The quantitative estimate of drug-likeness (QED) is 0.621. The summed E-state index contributed by atoms with van der Waals surface area (Å²) in [6.07, 6.45) is 0.987. The molecule has 1 aliphatic rings. The lowest BCUT2D eigenvalue weighted by Crippen LogP contribution is -2.49. The van der Waals surface area contributed by atoms with Gasteiger partial charge in [-0.25, -0.2) is 9.78 Å². The van der Waals surface area contributed by atoms with Gasteiger partial charge in [0.25, 0.3) is 0 Å². The number of rotatable bonds is 9. The molecule has 0 radical (unpaired) electrons. The van der Waals surface area contributed by atoms with E-state index in [0.717, 1.165) is 37.7 Å². The highest BCUT2D eigenvalue weighted by Gasteiger charge is 2.21. The van der Waals surface area contributed by atoms with Crippen LogP contribution in [0.2, 0.25) is 0 Å². The maximum atomic E-state index is 11.7. The van der Waals surface area contributed by atoms with Crippen molar-refractivity contribution in [3.8, 4) is 11.5 Å². The Morgan fingerprint density at radius 2 is 1.80 bits per heavy atom. The van der Waals surface area contributed by atoms with Crippen LogP contribution < -0.4 is 14.4 Å². The lowest BCUT2D eigenvalue weighted by molar-refractivity contribution is 0.0526. The number of ether oxygens (including phenoxy) is 3. The Morgan fingerprint density at radius 1 is 1.10 bits per heavy atom. The summed E-state index contributed by atoms with van der Waals surface area (Å²) in [4.78, 5) is 20.5. The topological polar surface area (TPSA) is 84.4 Å². The summed E-state index contributed by atoms with van der Waals surface area (Å²) in [5.74, 6) is 1.96. The molecule has 0 saturated carbocycles. The summed E-state index contributed by atoms with van der Waals surface area (Å²) in [5, 5.41) is 10.3. The Labute approximate surface area is 177 Å². The van der Waals surface area contributed by atoms with Crippen molar-refractivity contribution in [1.29, 1.82) is 0 Å². The predicted octanol–water partition coefficient (Wildman–Crippen LogP) is 1.83. The van der Waals surface area contributed by atoms with Crippen LogP contribution in [0.5, 0.6) is 11.5 Å². The van der Waals surface area contributed by atoms with Gasteiger partial charge in [0, 0.05) is 38.9 Å². The molecule has 0 aliphatic carbocycles. The summed E-state index contributed by atoms with van der Waals surface area (Å²) in [7, 11) is 1.62. The number of carbonyl (C=O) groups is 1. The van der Waals surface area contributed by atoms with Gasteiger partial charge in [0.1, 0.15) is 30.0 Å². The van der Waals surface area contributed by atoms with Crippen LogP contribution in [0.1, 0.15) is 17.3 Å². The van der Waals surface area contributed by atoms with E-state index < -0.39 is 6.10 Å². The minimum absolute atomic E-state index is 0.240. The number of carbonyl (C=O) groups excluding carboxylic acids is 1. The molecular formula is C22H29N3O5. The number of pyridine rings is 1. The van der Waals surface area contributed by atoms with Crippen LogP contribution in [-0.4, -0.2) is 80.1 Å². The number of hydrogen-bond donors (Lipinski definition) is 1. The summed E-state index contributed by atoms with van der Waals surface area (Å²) in [6, 6.07) is 10.9. The number of benzene rings is 1. The van der Waals surface area contributed by atoms with Gasteiger partial charge in [-0.1, -0.05) is 0 Å². The van der Waals surface area contributed by atoms with E-state index in [9.17, 15) is 9.90 Å². The van der Waals surface area contributed by atoms with Gasteiger partial charge in [0.15, 0.2) is 0 Å². The van der Waals surface area contributed by atoms with E-state index in [1.165, 1.54) is 0 Å². The monoisotopic (exact) mass is 415 g/mol. The summed E-state index contributed by atoms with van der Waals surface area (Å²) in [5.41, 5.74) is 0.458. The highest BCUT2D eigenvalue weighted by Crippen LogP contribution is 2.18. The smallest absolute Gasteiger partial charge is 0.339 e. The Morgan fingerprint density at radius 3 is 2.40 bits per heavy atom. The second-order valence-corrected chi connectivity index (χ2v) is 7.05. The van der Waals surface area contributed by atoms with Gasteiger partial charge < -0.3 is 24.2 Å². The van der Waals surface area contributed by atoms with E-state index in [0.29, 0.717) is 24.5 Å². The number of hydrogen-bond acceptors (Lipinski definition) is 8. The predicted molar refractivity (Wildman–Crippen MR) is 113 cm³/mol. The van der Waals surface area contributed by atoms with Gasteiger partial charge in [-0.3, -0.25) is 4.90 Å². The molecule has 8 heteroatoms. The zero-order valence-corrected chi connectivity index (χ0v) is 17.5. The number of methoxy groups -OCH3 is 1. The van der Waals surface area contributed by atoms with Crippen molar-refractivity contribution in [2.75, 3.05) is 57.9 Å². The van der Waals surface area contributed by atoms with Crippen LogP contribution >= 0.6 is 0 Å². The first kappa shape index (κ1) is 21.9. The third-order valence-corrected chi connectivity index (χ3v) is 4.93. The third-order valence-electron chi connectivity index (χ3n) is 4.93. The first-order chi connectivity index (χ1) is 14.6. The highest BCUT2D eigenvalue weighted by atomic mass is 16.5. The minimum atomic E-state index is -0.569. The molecule has 2 heterocycles. The Balaban J connectivity index is 1.40. The number of aliphatic hydroxyl groups is 1. The van der Waals surface area contributed by atoms with Crippen LogP contribution in [0.4, 0.5) is 5.82 Å². The Bertz CT molecular complexity index is 789. The number of β-amino-alcohol motifs (C(OH)–C–C–N with tert-alkyl or cyclic N) is 1. The first-order valence-electron chi connectivity index (χ1n) is 10.1. The SMILES string of the molecule is CCOC(=O)c1ccc(N2CCN(CC(O)COc3ccc(OC)cc3)CC2)nc1. The van der Waals surface area contributed by atoms with Crippen molar-refractivity contribution < 1.29 is 24.1 Å². The Hall–Kier alpha value is -2.84. The molecule has 1 aromatic carbocycles. The molecule has 2 aromatic rings. The average molecular weight is 415 g/mol. The van der Waals surface area contributed by atoms with Crippen molar-refractivity contribution in [2.24, 2.45) is 0 Å². The molecule has 30 heavy (non-hydrogen) atoms. The van der Waals surface area contributed by atoms with E-state index in [4.69, 9.17) is 14.2 Å². The molecule has 1 atom stereocenters. The summed E-state index contributed by atoms with van der Waals surface area (Å²) < 4.78 is 15.8. The Kier molecular flexibility index (Phi) is 7.87. The summed E-state index contributed by atoms with van der Waals surface area (Å²) in [6.45, 7) is 6.17. The van der Waals surface area contributed by atoms with Gasteiger partial charge in [-0.05, 0) is 43.3 Å². The molecule has 0 spiro atoms. The molecule has 0 bridgehead atoms. The van der Waals surface area contributed by atoms with Crippen molar-refractivity contribution >= 4 is 11.8 Å². The van der Waals surface area contributed by atoms with Crippen molar-refractivity contribution in [2.45, 2.75) is 13.0 Å². The zero-order valence-electron chi connectivity index (χ0n) is 17.5. The van der Waals surface area contributed by atoms with Crippen LogP contribution in [0, 0.1) is 0 Å². The maximum Gasteiger partial charge on any atom is 0.339 e. The third kappa shape index (κ3) is 6.08.